The van der Waals surface area contributed by atoms with Crippen molar-refractivity contribution in [3.05, 3.63) is 29.8 Å². The Morgan fingerprint density at radius 1 is 1.26 bits per heavy atom. The van der Waals surface area contributed by atoms with Crippen molar-refractivity contribution >= 4 is 17.7 Å². The molecular weight excluding hydrogens is 248 g/mol. The monoisotopic (exact) mass is 266 g/mol. The molecule has 1 rings (SSSR count). The van der Waals surface area contributed by atoms with Crippen molar-refractivity contribution in [2.24, 2.45) is 5.73 Å². The Hall–Kier alpha value is -2.08. The molecule has 1 aromatic rings. The average molecular weight is 266 g/mol. The summed E-state index contributed by atoms with van der Waals surface area (Å²) in [5.41, 5.74) is 5.86. The molecule has 0 aliphatic carbocycles. The number of aliphatic carboxylic acids is 1. The van der Waals surface area contributed by atoms with Crippen LogP contribution in [0.25, 0.3) is 0 Å². The number of carbonyl (C=O) groups is 2. The van der Waals surface area contributed by atoms with Crippen LogP contribution in [0.2, 0.25) is 0 Å². The zero-order chi connectivity index (χ0) is 14.6. The summed E-state index contributed by atoms with van der Waals surface area (Å²) in [5.74, 6) is -1.10. The molecule has 0 saturated carbocycles. The van der Waals surface area contributed by atoms with Crippen molar-refractivity contribution in [3.8, 4) is 0 Å². The number of hydrogen-bond acceptors (Lipinski definition) is 4. The van der Waals surface area contributed by atoms with Gasteiger partial charge < -0.3 is 15.6 Å². The van der Waals surface area contributed by atoms with Crippen LogP contribution < -0.4 is 11.1 Å². The molecule has 0 bridgehead atoms. The second kappa shape index (κ2) is 5.71. The summed E-state index contributed by atoms with van der Waals surface area (Å²) < 4.78 is 5.09. The molecule has 0 aliphatic rings. The van der Waals surface area contributed by atoms with Crippen LogP contribution >= 0.6 is 0 Å². The van der Waals surface area contributed by atoms with Gasteiger partial charge in [0, 0.05) is 5.69 Å². The van der Waals surface area contributed by atoms with Gasteiger partial charge in [-0.1, -0.05) is 12.1 Å². The van der Waals surface area contributed by atoms with Crippen molar-refractivity contribution in [2.75, 3.05) is 5.32 Å². The molecule has 6 nitrogen and oxygen atoms in total. The summed E-state index contributed by atoms with van der Waals surface area (Å²) in [6, 6.07) is 5.16. The van der Waals surface area contributed by atoms with Crippen LogP contribution in [-0.2, 0) is 9.53 Å². The van der Waals surface area contributed by atoms with Gasteiger partial charge in [0.25, 0.3) is 0 Å². The number of nitrogens with one attached hydrogen (secondary N) is 1. The third kappa shape index (κ3) is 4.97. The van der Waals surface area contributed by atoms with Gasteiger partial charge in [0.05, 0.1) is 0 Å². The molecule has 0 aromatic heterocycles. The molecule has 1 aromatic carbocycles. The Morgan fingerprint density at radius 3 is 2.21 bits per heavy atom. The Labute approximate surface area is 111 Å². The molecule has 1 atom stereocenters. The topological polar surface area (TPSA) is 102 Å². The van der Waals surface area contributed by atoms with Crippen LogP contribution in [0.5, 0.6) is 0 Å². The molecule has 0 spiro atoms. The first-order valence-electron chi connectivity index (χ1n) is 5.77. The lowest BCUT2D eigenvalue weighted by Crippen LogP contribution is -2.27. The highest BCUT2D eigenvalue weighted by Crippen LogP contribution is 2.16. The van der Waals surface area contributed by atoms with E-state index in [9.17, 15) is 9.59 Å². The fraction of sp³-hybridized carbons (Fsp3) is 0.385. The molecule has 19 heavy (non-hydrogen) atoms. The SMILES string of the molecule is CC(C)(C)OC(=O)Nc1ccc([C@@H](N)C(=O)O)cc1. The fourth-order valence-corrected chi connectivity index (χ4v) is 1.34. The van der Waals surface area contributed by atoms with Crippen LogP contribution in [0, 0.1) is 0 Å². The standard InChI is InChI=1S/C13H18N2O4/c1-13(2,3)19-12(18)15-9-6-4-8(5-7-9)10(14)11(16)17/h4-7,10H,14H2,1-3H3,(H,15,18)(H,16,17)/t10-/m1/s1. The maximum Gasteiger partial charge on any atom is 0.412 e. The van der Waals surface area contributed by atoms with E-state index < -0.39 is 23.7 Å². The zero-order valence-electron chi connectivity index (χ0n) is 11.1. The third-order valence-electron chi connectivity index (χ3n) is 2.18. The second-order valence-corrected chi connectivity index (χ2v) is 5.06. The van der Waals surface area contributed by atoms with Crippen LogP contribution in [0.3, 0.4) is 0 Å². The number of ether oxygens (including phenoxy) is 1. The molecule has 6 heteroatoms. The summed E-state index contributed by atoms with van der Waals surface area (Å²) in [6.45, 7) is 5.30. The molecule has 4 N–H and O–H groups in total. The molecule has 0 radical (unpaired) electrons. The molecule has 1 amide bonds. The number of benzene rings is 1. The van der Waals surface area contributed by atoms with Gasteiger partial charge in [0.15, 0.2) is 0 Å². The zero-order valence-corrected chi connectivity index (χ0v) is 11.1. The Balaban J connectivity index is 2.67. The second-order valence-electron chi connectivity index (χ2n) is 5.06. The van der Waals surface area contributed by atoms with E-state index in [0.717, 1.165) is 0 Å². The first kappa shape index (κ1) is 15.0. The van der Waals surface area contributed by atoms with Crippen LogP contribution in [-0.4, -0.2) is 22.8 Å². The summed E-state index contributed by atoms with van der Waals surface area (Å²) in [6.07, 6.45) is -0.567. The number of carboxylic acid groups (broad SMARTS) is 1. The van der Waals surface area contributed by atoms with Crippen LogP contribution in [0.1, 0.15) is 32.4 Å². The summed E-state index contributed by atoms with van der Waals surface area (Å²) in [5, 5.41) is 11.3. The van der Waals surface area contributed by atoms with E-state index in [1.54, 1.807) is 45.0 Å². The van der Waals surface area contributed by atoms with Crippen molar-refractivity contribution in [3.63, 3.8) is 0 Å². The number of rotatable bonds is 3. The van der Waals surface area contributed by atoms with Gasteiger partial charge >= 0.3 is 12.1 Å². The third-order valence-corrected chi connectivity index (χ3v) is 2.18. The highest BCUT2D eigenvalue weighted by molar-refractivity contribution is 5.85. The smallest absolute Gasteiger partial charge is 0.412 e. The predicted octanol–water partition coefficient (Wildman–Crippen LogP) is 2.12. The lowest BCUT2D eigenvalue weighted by molar-refractivity contribution is -0.138. The lowest BCUT2D eigenvalue weighted by Gasteiger charge is -2.19. The van der Waals surface area contributed by atoms with E-state index in [-0.39, 0.29) is 0 Å². The first-order chi connectivity index (χ1) is 8.69. The van der Waals surface area contributed by atoms with E-state index in [2.05, 4.69) is 5.32 Å². The van der Waals surface area contributed by atoms with Gasteiger partial charge in [0.1, 0.15) is 11.6 Å². The molecule has 0 unspecified atom stereocenters. The number of anilines is 1. The summed E-state index contributed by atoms with van der Waals surface area (Å²) in [4.78, 5) is 22.2. The van der Waals surface area contributed by atoms with E-state index in [0.29, 0.717) is 11.3 Å². The number of amides is 1. The summed E-state index contributed by atoms with van der Waals surface area (Å²) >= 11 is 0. The minimum absolute atomic E-state index is 0.460. The fourth-order valence-electron chi connectivity index (χ4n) is 1.34. The van der Waals surface area contributed by atoms with E-state index >= 15 is 0 Å². The van der Waals surface area contributed by atoms with Gasteiger partial charge in [0.2, 0.25) is 0 Å². The largest absolute Gasteiger partial charge is 0.480 e. The lowest BCUT2D eigenvalue weighted by atomic mass is 10.1. The van der Waals surface area contributed by atoms with E-state index in [1.165, 1.54) is 0 Å². The van der Waals surface area contributed by atoms with Gasteiger partial charge in [-0.25, -0.2) is 4.79 Å². The maximum atomic E-state index is 11.5. The van der Waals surface area contributed by atoms with Crippen molar-refractivity contribution < 1.29 is 19.4 Å². The number of carboxylic acids is 1. The Kier molecular flexibility index (Phi) is 4.50. The molecule has 0 aliphatic heterocycles. The molecule has 0 heterocycles. The normalized spacial score (nSPS) is 12.6. The Bertz CT molecular complexity index is 463. The quantitative estimate of drug-likeness (QED) is 0.777. The molecule has 0 fully saturated rings. The highest BCUT2D eigenvalue weighted by Gasteiger charge is 2.17. The first-order valence-corrected chi connectivity index (χ1v) is 5.77. The minimum atomic E-state index is -1.10. The van der Waals surface area contributed by atoms with Gasteiger partial charge in [-0.05, 0) is 38.5 Å². The van der Waals surface area contributed by atoms with E-state index in [1.807, 2.05) is 0 Å². The van der Waals surface area contributed by atoms with Gasteiger partial charge in [-0.15, -0.1) is 0 Å². The van der Waals surface area contributed by atoms with Crippen LogP contribution in [0.4, 0.5) is 10.5 Å². The van der Waals surface area contributed by atoms with Crippen molar-refractivity contribution in [1.82, 2.24) is 0 Å². The predicted molar refractivity (Wildman–Crippen MR) is 70.9 cm³/mol. The highest BCUT2D eigenvalue weighted by atomic mass is 16.6. The maximum absolute atomic E-state index is 11.5. The van der Waals surface area contributed by atoms with Gasteiger partial charge in [-0.2, -0.15) is 0 Å². The van der Waals surface area contributed by atoms with Crippen LogP contribution in [0.15, 0.2) is 24.3 Å². The number of nitrogens with two attached hydrogens (primary N) is 1. The molecule has 104 valence electrons. The average Bonchev–Trinajstić information content (AvgIpc) is 2.26. The molecule has 0 saturated heterocycles. The molecular formula is C13H18N2O4. The van der Waals surface area contributed by atoms with Crippen molar-refractivity contribution in [2.45, 2.75) is 32.4 Å². The van der Waals surface area contributed by atoms with E-state index in [4.69, 9.17) is 15.6 Å². The minimum Gasteiger partial charge on any atom is -0.480 e. The number of hydrogen-bond donors (Lipinski definition) is 3. The summed E-state index contributed by atoms with van der Waals surface area (Å²) in [7, 11) is 0. The Morgan fingerprint density at radius 2 is 1.79 bits per heavy atom. The van der Waals surface area contributed by atoms with Gasteiger partial charge in [-0.3, -0.25) is 10.1 Å². The van der Waals surface area contributed by atoms with Crippen molar-refractivity contribution in [1.29, 1.82) is 0 Å². The number of carbonyl (C=O) groups excluding carboxylic acids is 1.